The van der Waals surface area contributed by atoms with Crippen LogP contribution >= 0.6 is 15.9 Å². The predicted octanol–water partition coefficient (Wildman–Crippen LogP) is 3.72. The van der Waals surface area contributed by atoms with Gasteiger partial charge in [-0.2, -0.15) is 0 Å². The molecule has 18 heavy (non-hydrogen) atoms. The maximum absolute atomic E-state index is 3.64. The summed E-state index contributed by atoms with van der Waals surface area (Å²) in [5.74, 6) is 0. The van der Waals surface area contributed by atoms with Gasteiger partial charge in [0.25, 0.3) is 0 Å². The molecule has 1 aromatic rings. The van der Waals surface area contributed by atoms with Crippen molar-refractivity contribution in [2.75, 3.05) is 18.0 Å². The van der Waals surface area contributed by atoms with Gasteiger partial charge in [-0.15, -0.1) is 0 Å². The molecule has 0 bridgehead atoms. The van der Waals surface area contributed by atoms with Crippen molar-refractivity contribution < 1.29 is 0 Å². The summed E-state index contributed by atoms with van der Waals surface area (Å²) in [6.45, 7) is 8.92. The lowest BCUT2D eigenvalue weighted by molar-refractivity contribution is 0.379. The molecule has 1 N–H and O–H groups in total. The Balaban J connectivity index is 2.23. The molecule has 1 aliphatic heterocycles. The highest BCUT2D eigenvalue weighted by Crippen LogP contribution is 2.26. The minimum absolute atomic E-state index is 0.619. The molecule has 2 atom stereocenters. The van der Waals surface area contributed by atoms with Gasteiger partial charge in [-0.1, -0.05) is 29.8 Å². The van der Waals surface area contributed by atoms with Crippen LogP contribution in [-0.4, -0.2) is 25.2 Å². The third kappa shape index (κ3) is 2.89. The van der Waals surface area contributed by atoms with Crippen LogP contribution in [0.15, 0.2) is 22.7 Å². The zero-order valence-electron chi connectivity index (χ0n) is 11.5. The Hall–Kier alpha value is -0.540. The van der Waals surface area contributed by atoms with E-state index in [1.807, 2.05) is 0 Å². The van der Waals surface area contributed by atoms with Crippen LogP contribution < -0.4 is 10.2 Å². The normalized spacial score (nSPS) is 24.3. The molecule has 2 nitrogen and oxygen atoms in total. The van der Waals surface area contributed by atoms with E-state index in [1.165, 1.54) is 28.6 Å². The molecule has 1 heterocycles. The highest BCUT2D eigenvalue weighted by Gasteiger charge is 2.26. The van der Waals surface area contributed by atoms with E-state index in [0.717, 1.165) is 13.1 Å². The molecule has 1 fully saturated rings. The second kappa shape index (κ2) is 6.07. The van der Waals surface area contributed by atoms with E-state index < -0.39 is 0 Å². The van der Waals surface area contributed by atoms with Crippen molar-refractivity contribution in [1.82, 2.24) is 5.32 Å². The molecular formula is C15H23BrN2. The summed E-state index contributed by atoms with van der Waals surface area (Å²) < 4.78 is 1.20. The third-order valence-corrected chi connectivity index (χ3v) is 4.83. The van der Waals surface area contributed by atoms with Gasteiger partial charge in [0, 0.05) is 35.3 Å². The van der Waals surface area contributed by atoms with E-state index in [1.54, 1.807) is 0 Å². The van der Waals surface area contributed by atoms with Crippen molar-refractivity contribution in [2.45, 2.75) is 45.7 Å². The average Bonchev–Trinajstić information content (AvgIpc) is 2.41. The van der Waals surface area contributed by atoms with E-state index in [4.69, 9.17) is 0 Å². The summed E-state index contributed by atoms with van der Waals surface area (Å²) >= 11 is 3.58. The molecular weight excluding hydrogens is 288 g/mol. The van der Waals surface area contributed by atoms with E-state index in [-0.39, 0.29) is 0 Å². The smallest absolute Gasteiger partial charge is 0.0412 e. The minimum atomic E-state index is 0.619. The van der Waals surface area contributed by atoms with Crippen LogP contribution in [0.1, 0.15) is 32.3 Å². The van der Waals surface area contributed by atoms with Crippen LogP contribution in [0.2, 0.25) is 0 Å². The molecule has 1 aliphatic rings. The number of benzene rings is 1. The quantitative estimate of drug-likeness (QED) is 0.915. The molecule has 0 aromatic heterocycles. The zero-order chi connectivity index (χ0) is 13.1. The van der Waals surface area contributed by atoms with E-state index >= 15 is 0 Å². The van der Waals surface area contributed by atoms with Crippen molar-refractivity contribution in [3.8, 4) is 0 Å². The van der Waals surface area contributed by atoms with Crippen LogP contribution in [0, 0.1) is 6.92 Å². The Labute approximate surface area is 119 Å². The summed E-state index contributed by atoms with van der Waals surface area (Å²) in [5.41, 5.74) is 2.68. The highest BCUT2D eigenvalue weighted by atomic mass is 79.9. The first-order valence-corrected chi connectivity index (χ1v) is 7.71. The molecule has 100 valence electrons. The van der Waals surface area contributed by atoms with Crippen LogP contribution in [0.5, 0.6) is 0 Å². The second-order valence-electron chi connectivity index (χ2n) is 5.16. The standard InChI is InChI=1S/C15H23BrN2/c1-4-12-10-18(13(5-2)9-17-12)14-6-7-15(16)11(3)8-14/h6-8,12-13,17H,4-5,9-10H2,1-3H3. The molecule has 3 heteroatoms. The summed E-state index contributed by atoms with van der Waals surface area (Å²) in [5, 5.41) is 3.64. The lowest BCUT2D eigenvalue weighted by Crippen LogP contribution is -2.56. The van der Waals surface area contributed by atoms with Gasteiger partial charge in [-0.3, -0.25) is 0 Å². The van der Waals surface area contributed by atoms with Gasteiger partial charge in [-0.05, 0) is 43.5 Å². The van der Waals surface area contributed by atoms with E-state index in [2.05, 4.69) is 65.1 Å². The number of halogens is 1. The van der Waals surface area contributed by atoms with E-state index in [9.17, 15) is 0 Å². The number of hydrogen-bond acceptors (Lipinski definition) is 2. The molecule has 0 saturated carbocycles. The van der Waals surface area contributed by atoms with Gasteiger partial charge in [0.2, 0.25) is 0 Å². The second-order valence-corrected chi connectivity index (χ2v) is 6.02. The summed E-state index contributed by atoms with van der Waals surface area (Å²) in [7, 11) is 0. The Bertz CT molecular complexity index is 405. The number of rotatable bonds is 3. The van der Waals surface area contributed by atoms with Crippen molar-refractivity contribution in [2.24, 2.45) is 0 Å². The fourth-order valence-corrected chi connectivity index (χ4v) is 2.87. The number of nitrogens with one attached hydrogen (secondary N) is 1. The fraction of sp³-hybridized carbons (Fsp3) is 0.600. The molecule has 1 saturated heterocycles. The lowest BCUT2D eigenvalue weighted by Gasteiger charge is -2.41. The number of aryl methyl sites for hydroxylation is 1. The Morgan fingerprint density at radius 2 is 2.11 bits per heavy atom. The minimum Gasteiger partial charge on any atom is -0.366 e. The Kier molecular flexibility index (Phi) is 4.68. The highest BCUT2D eigenvalue weighted by molar-refractivity contribution is 9.10. The Morgan fingerprint density at radius 3 is 2.72 bits per heavy atom. The molecule has 0 aliphatic carbocycles. The third-order valence-electron chi connectivity index (χ3n) is 3.94. The van der Waals surface area contributed by atoms with Crippen molar-refractivity contribution >= 4 is 21.6 Å². The zero-order valence-corrected chi connectivity index (χ0v) is 13.1. The molecule has 0 amide bonds. The van der Waals surface area contributed by atoms with Gasteiger partial charge >= 0.3 is 0 Å². The topological polar surface area (TPSA) is 15.3 Å². The summed E-state index contributed by atoms with van der Waals surface area (Å²) in [4.78, 5) is 2.57. The SMILES string of the molecule is CCC1CN(c2ccc(Br)c(C)c2)C(CC)CN1. The van der Waals surface area contributed by atoms with Gasteiger partial charge in [0.15, 0.2) is 0 Å². The van der Waals surface area contributed by atoms with Gasteiger partial charge in [0.1, 0.15) is 0 Å². The number of anilines is 1. The number of nitrogens with zero attached hydrogens (tertiary/aromatic N) is 1. The van der Waals surface area contributed by atoms with Crippen molar-refractivity contribution in [3.05, 3.63) is 28.2 Å². The fourth-order valence-electron chi connectivity index (χ4n) is 2.63. The van der Waals surface area contributed by atoms with Gasteiger partial charge < -0.3 is 10.2 Å². The number of piperazine rings is 1. The first-order valence-electron chi connectivity index (χ1n) is 6.91. The van der Waals surface area contributed by atoms with Crippen LogP contribution in [-0.2, 0) is 0 Å². The van der Waals surface area contributed by atoms with Crippen molar-refractivity contribution in [1.29, 1.82) is 0 Å². The van der Waals surface area contributed by atoms with Gasteiger partial charge in [-0.25, -0.2) is 0 Å². The van der Waals surface area contributed by atoms with E-state index in [0.29, 0.717) is 12.1 Å². The molecule has 0 radical (unpaired) electrons. The first kappa shape index (κ1) is 13.9. The maximum Gasteiger partial charge on any atom is 0.0412 e. The maximum atomic E-state index is 3.64. The molecule has 0 spiro atoms. The first-order chi connectivity index (χ1) is 8.65. The lowest BCUT2D eigenvalue weighted by atomic mass is 10.0. The summed E-state index contributed by atoms with van der Waals surface area (Å²) in [6.07, 6.45) is 2.39. The average molecular weight is 311 g/mol. The number of hydrogen-bond donors (Lipinski definition) is 1. The van der Waals surface area contributed by atoms with Gasteiger partial charge in [0.05, 0.1) is 0 Å². The van der Waals surface area contributed by atoms with Crippen LogP contribution in [0.3, 0.4) is 0 Å². The molecule has 1 aromatic carbocycles. The Morgan fingerprint density at radius 1 is 1.33 bits per heavy atom. The van der Waals surface area contributed by atoms with Crippen molar-refractivity contribution in [3.63, 3.8) is 0 Å². The van der Waals surface area contributed by atoms with Crippen LogP contribution in [0.25, 0.3) is 0 Å². The molecule has 2 unspecified atom stereocenters. The predicted molar refractivity (Wildman–Crippen MR) is 82.4 cm³/mol. The molecule has 2 rings (SSSR count). The van der Waals surface area contributed by atoms with Crippen LogP contribution in [0.4, 0.5) is 5.69 Å². The monoisotopic (exact) mass is 310 g/mol. The largest absolute Gasteiger partial charge is 0.366 e. The summed E-state index contributed by atoms with van der Waals surface area (Å²) in [6, 6.07) is 7.94.